The molecule has 1 aliphatic heterocycles. The summed E-state index contributed by atoms with van der Waals surface area (Å²) in [5.41, 5.74) is 1.55. The highest BCUT2D eigenvalue weighted by atomic mass is 19.1. The molecular weight excluding hydrogens is 271 g/mol. The molecule has 1 aromatic carbocycles. The number of rotatable bonds is 2. The van der Waals surface area contributed by atoms with Crippen molar-refractivity contribution in [1.29, 1.82) is 0 Å². The van der Waals surface area contributed by atoms with Gasteiger partial charge in [-0.3, -0.25) is 9.69 Å². The summed E-state index contributed by atoms with van der Waals surface area (Å²) in [4.78, 5) is 15.3. The Morgan fingerprint density at radius 2 is 2.05 bits per heavy atom. The molecule has 0 saturated carbocycles. The third-order valence-electron chi connectivity index (χ3n) is 3.59. The van der Waals surface area contributed by atoms with E-state index < -0.39 is 0 Å². The topological polar surface area (TPSA) is 43.8 Å². The van der Waals surface area contributed by atoms with Crippen LogP contribution in [0.25, 0.3) is 0 Å². The van der Waals surface area contributed by atoms with E-state index >= 15 is 0 Å². The number of halogens is 1. The Labute approximate surface area is 124 Å². The van der Waals surface area contributed by atoms with Gasteiger partial charge in [0.2, 0.25) is 5.91 Å². The molecule has 2 rings (SSSR count). The number of piperazine rings is 1. The van der Waals surface area contributed by atoms with Gasteiger partial charge in [0.1, 0.15) is 12.4 Å². The van der Waals surface area contributed by atoms with Crippen LogP contribution in [0.2, 0.25) is 0 Å². The Bertz CT molecular complexity index is 569. The molecule has 0 radical (unpaired) electrons. The number of carbonyl (C=O) groups is 1. The second kappa shape index (κ2) is 7.21. The van der Waals surface area contributed by atoms with Crippen molar-refractivity contribution in [3.8, 4) is 11.8 Å². The van der Waals surface area contributed by atoms with Gasteiger partial charge in [0.25, 0.3) is 0 Å². The van der Waals surface area contributed by atoms with Crippen LogP contribution >= 0.6 is 0 Å². The SMILES string of the molecule is CC(=O)N1CCN(Cc2ccc(F)cc2C#CCO)CC1. The van der Waals surface area contributed by atoms with Crippen molar-refractivity contribution in [2.45, 2.75) is 13.5 Å². The highest BCUT2D eigenvalue weighted by Crippen LogP contribution is 2.14. The van der Waals surface area contributed by atoms with Gasteiger partial charge in [-0.1, -0.05) is 17.9 Å². The van der Waals surface area contributed by atoms with Crippen LogP contribution in [0.3, 0.4) is 0 Å². The van der Waals surface area contributed by atoms with E-state index in [4.69, 9.17) is 5.11 Å². The van der Waals surface area contributed by atoms with Crippen LogP contribution in [0.4, 0.5) is 4.39 Å². The number of carbonyl (C=O) groups excluding carboxylic acids is 1. The maximum Gasteiger partial charge on any atom is 0.219 e. The van der Waals surface area contributed by atoms with Gasteiger partial charge in [-0.2, -0.15) is 0 Å². The van der Waals surface area contributed by atoms with E-state index in [-0.39, 0.29) is 18.3 Å². The molecule has 1 amide bonds. The highest BCUT2D eigenvalue weighted by molar-refractivity contribution is 5.73. The molecule has 1 aromatic rings. The molecule has 1 aliphatic rings. The highest BCUT2D eigenvalue weighted by Gasteiger charge is 2.19. The van der Waals surface area contributed by atoms with Crippen molar-refractivity contribution in [2.75, 3.05) is 32.8 Å². The fourth-order valence-electron chi connectivity index (χ4n) is 2.40. The van der Waals surface area contributed by atoms with Gasteiger partial charge in [0.05, 0.1) is 0 Å². The maximum atomic E-state index is 13.3. The second-order valence-electron chi connectivity index (χ2n) is 5.04. The van der Waals surface area contributed by atoms with Gasteiger partial charge in [-0.25, -0.2) is 4.39 Å². The molecule has 4 nitrogen and oxygen atoms in total. The van der Waals surface area contributed by atoms with Gasteiger partial charge in [-0.15, -0.1) is 0 Å². The Hall–Kier alpha value is -1.90. The monoisotopic (exact) mass is 290 g/mol. The van der Waals surface area contributed by atoms with Gasteiger partial charge in [0.15, 0.2) is 0 Å². The number of aliphatic hydroxyl groups excluding tert-OH is 1. The first-order valence-electron chi connectivity index (χ1n) is 6.96. The van der Waals surface area contributed by atoms with Crippen LogP contribution < -0.4 is 0 Å². The van der Waals surface area contributed by atoms with Crippen molar-refractivity contribution < 1.29 is 14.3 Å². The molecule has 21 heavy (non-hydrogen) atoms. The van der Waals surface area contributed by atoms with E-state index in [1.807, 2.05) is 4.90 Å². The maximum absolute atomic E-state index is 13.3. The Morgan fingerprint density at radius 3 is 2.67 bits per heavy atom. The van der Waals surface area contributed by atoms with Crippen LogP contribution in [0.1, 0.15) is 18.1 Å². The third kappa shape index (κ3) is 4.28. The molecule has 1 saturated heterocycles. The van der Waals surface area contributed by atoms with E-state index in [0.29, 0.717) is 25.2 Å². The lowest BCUT2D eigenvalue weighted by Gasteiger charge is -2.34. The summed E-state index contributed by atoms with van der Waals surface area (Å²) in [6.07, 6.45) is 0. The lowest BCUT2D eigenvalue weighted by atomic mass is 10.1. The molecule has 0 unspecified atom stereocenters. The summed E-state index contributed by atoms with van der Waals surface area (Å²) in [6.45, 7) is 5.03. The number of amides is 1. The zero-order valence-corrected chi connectivity index (χ0v) is 12.1. The number of nitrogens with zero attached hydrogens (tertiary/aromatic N) is 2. The van der Waals surface area contributed by atoms with E-state index in [1.54, 1.807) is 13.0 Å². The number of hydrogen-bond acceptors (Lipinski definition) is 3. The fraction of sp³-hybridized carbons (Fsp3) is 0.438. The van der Waals surface area contributed by atoms with Crippen molar-refractivity contribution in [2.24, 2.45) is 0 Å². The van der Waals surface area contributed by atoms with E-state index in [1.165, 1.54) is 12.1 Å². The van der Waals surface area contributed by atoms with Crippen LogP contribution in [0, 0.1) is 17.7 Å². The predicted molar refractivity (Wildman–Crippen MR) is 77.9 cm³/mol. The first-order valence-corrected chi connectivity index (χ1v) is 6.96. The zero-order valence-electron chi connectivity index (χ0n) is 12.1. The molecule has 5 heteroatoms. The van der Waals surface area contributed by atoms with E-state index in [0.717, 1.165) is 18.7 Å². The summed E-state index contributed by atoms with van der Waals surface area (Å²) in [5, 5.41) is 8.78. The molecule has 1 fully saturated rings. The average Bonchev–Trinajstić information content (AvgIpc) is 2.48. The molecule has 1 N–H and O–H groups in total. The van der Waals surface area contributed by atoms with Gasteiger partial charge >= 0.3 is 0 Å². The Kier molecular flexibility index (Phi) is 5.32. The first kappa shape index (κ1) is 15.5. The quantitative estimate of drug-likeness (QED) is 0.821. The van der Waals surface area contributed by atoms with Crippen molar-refractivity contribution in [3.05, 3.63) is 35.1 Å². The lowest BCUT2D eigenvalue weighted by molar-refractivity contribution is -0.130. The number of aliphatic hydroxyl groups is 1. The van der Waals surface area contributed by atoms with Crippen LogP contribution in [-0.4, -0.2) is 53.6 Å². The predicted octanol–water partition coefficient (Wildman–Crippen LogP) is 0.834. The number of hydrogen-bond donors (Lipinski definition) is 1. The minimum absolute atomic E-state index is 0.103. The molecule has 0 aromatic heterocycles. The Morgan fingerprint density at radius 1 is 1.33 bits per heavy atom. The van der Waals surface area contributed by atoms with E-state index in [2.05, 4.69) is 16.7 Å². The summed E-state index contributed by atoms with van der Waals surface area (Å²) in [5.74, 6) is 5.12. The van der Waals surface area contributed by atoms with Crippen molar-refractivity contribution in [1.82, 2.24) is 9.80 Å². The molecule has 1 heterocycles. The molecule has 0 spiro atoms. The van der Waals surface area contributed by atoms with Crippen LogP contribution in [0.5, 0.6) is 0 Å². The summed E-state index contributed by atoms with van der Waals surface area (Å²) < 4.78 is 13.3. The van der Waals surface area contributed by atoms with Crippen molar-refractivity contribution in [3.63, 3.8) is 0 Å². The summed E-state index contributed by atoms with van der Waals surface area (Å²) >= 11 is 0. The molecule has 0 atom stereocenters. The largest absolute Gasteiger partial charge is 0.384 e. The molecule has 0 aliphatic carbocycles. The average molecular weight is 290 g/mol. The Balaban J connectivity index is 2.05. The standard InChI is InChI=1S/C16H19FN2O2/c1-13(21)19-8-6-18(7-9-19)12-15-4-5-16(17)11-14(15)3-2-10-20/h4-5,11,20H,6-10,12H2,1H3. The first-order chi connectivity index (χ1) is 10.1. The third-order valence-corrected chi connectivity index (χ3v) is 3.59. The van der Waals surface area contributed by atoms with Gasteiger partial charge in [-0.05, 0) is 17.7 Å². The minimum Gasteiger partial charge on any atom is -0.384 e. The second-order valence-corrected chi connectivity index (χ2v) is 5.04. The molecule has 0 bridgehead atoms. The van der Waals surface area contributed by atoms with Gasteiger partial charge in [0, 0.05) is 45.2 Å². The van der Waals surface area contributed by atoms with Crippen LogP contribution in [0.15, 0.2) is 18.2 Å². The molecule has 112 valence electrons. The minimum atomic E-state index is -0.331. The number of benzene rings is 1. The lowest BCUT2D eigenvalue weighted by Crippen LogP contribution is -2.47. The van der Waals surface area contributed by atoms with Crippen molar-refractivity contribution >= 4 is 5.91 Å². The summed E-state index contributed by atoms with van der Waals surface area (Å²) in [7, 11) is 0. The summed E-state index contributed by atoms with van der Waals surface area (Å²) in [6, 6.07) is 4.54. The zero-order chi connectivity index (χ0) is 15.2. The molecular formula is C16H19FN2O2. The van der Waals surface area contributed by atoms with Gasteiger partial charge < -0.3 is 10.0 Å². The van der Waals surface area contributed by atoms with Crippen LogP contribution in [-0.2, 0) is 11.3 Å². The smallest absolute Gasteiger partial charge is 0.219 e. The normalized spacial score (nSPS) is 15.5. The van der Waals surface area contributed by atoms with E-state index in [9.17, 15) is 9.18 Å². The fourth-order valence-corrected chi connectivity index (χ4v) is 2.40.